The topological polar surface area (TPSA) is 122 Å². The number of methoxy groups -OCH3 is 3. The van der Waals surface area contributed by atoms with Gasteiger partial charge in [-0.2, -0.15) is 0 Å². The Morgan fingerprint density at radius 3 is 2.45 bits per heavy atom. The minimum absolute atomic E-state index is 0.0840. The predicted octanol–water partition coefficient (Wildman–Crippen LogP) is 4.00. The first-order valence-corrected chi connectivity index (χ1v) is 12.1. The first kappa shape index (κ1) is 25.3. The number of carbonyl (C=O) groups is 2. The molecule has 1 aliphatic rings. The molecule has 1 N–H and O–H groups in total. The van der Waals surface area contributed by atoms with Crippen LogP contribution in [0.4, 0.5) is 0 Å². The molecule has 0 radical (unpaired) electrons. The van der Waals surface area contributed by atoms with Crippen LogP contribution >= 0.6 is 11.6 Å². The molecule has 0 saturated carbocycles. The van der Waals surface area contributed by atoms with Crippen LogP contribution in [-0.2, 0) is 4.79 Å². The van der Waals surface area contributed by atoms with Crippen LogP contribution in [0.15, 0.2) is 51.8 Å². The molecule has 1 amide bonds. The van der Waals surface area contributed by atoms with Crippen LogP contribution in [0.1, 0.15) is 28.6 Å². The van der Waals surface area contributed by atoms with E-state index in [0.29, 0.717) is 44.8 Å². The van der Waals surface area contributed by atoms with Crippen molar-refractivity contribution in [2.75, 3.05) is 21.3 Å². The molecule has 1 aliphatic carbocycles. The lowest BCUT2D eigenvalue weighted by Crippen LogP contribution is -2.38. The van der Waals surface area contributed by atoms with Gasteiger partial charge < -0.3 is 28.6 Å². The van der Waals surface area contributed by atoms with E-state index in [-0.39, 0.29) is 22.6 Å². The quantitative estimate of drug-likeness (QED) is 0.213. The second-order valence-corrected chi connectivity index (χ2v) is 9.19. The van der Waals surface area contributed by atoms with E-state index < -0.39 is 23.8 Å². The normalized spacial score (nSPS) is 16.7. The van der Waals surface area contributed by atoms with Crippen molar-refractivity contribution in [2.24, 2.45) is 0 Å². The van der Waals surface area contributed by atoms with Crippen molar-refractivity contribution in [3.63, 3.8) is 0 Å². The summed E-state index contributed by atoms with van der Waals surface area (Å²) >= 11 is 6.49. The standard InChI is InChI=1S/C27H24ClN3O7/c1-13-21-23(30-38-13)22-17(28)6-5-7-18(22)31(27(21)34)16-9-8-15(12-16)29-26(33)24(32)14-10-19(35-2)25(37-4)20(11-14)36-3/h5-11,15-16H,12H2,1-4H3,(H,29,33). The minimum Gasteiger partial charge on any atom is -0.493 e. The number of carbonyl (C=O) groups excluding carboxylic acids is 2. The molecule has 2 heterocycles. The minimum atomic E-state index is -0.805. The summed E-state index contributed by atoms with van der Waals surface area (Å²) in [6, 6.07) is 7.23. The molecule has 0 fully saturated rings. The Balaban J connectivity index is 1.42. The number of aryl methyl sites for hydroxylation is 1. The fourth-order valence-corrected chi connectivity index (χ4v) is 5.12. The second kappa shape index (κ2) is 9.86. The third-order valence-electron chi connectivity index (χ3n) is 6.63. The van der Waals surface area contributed by atoms with E-state index in [1.807, 2.05) is 6.08 Å². The molecular formula is C27H24ClN3O7. The molecule has 5 rings (SSSR count). The molecule has 0 aliphatic heterocycles. The molecule has 4 aromatic rings. The average molecular weight is 538 g/mol. The van der Waals surface area contributed by atoms with Gasteiger partial charge in [0, 0.05) is 17.0 Å². The van der Waals surface area contributed by atoms with Crippen LogP contribution in [0.3, 0.4) is 0 Å². The van der Waals surface area contributed by atoms with Crippen LogP contribution in [0.25, 0.3) is 21.8 Å². The number of benzene rings is 2. The van der Waals surface area contributed by atoms with Crippen molar-refractivity contribution in [3.8, 4) is 17.2 Å². The highest BCUT2D eigenvalue weighted by Crippen LogP contribution is 2.38. The fourth-order valence-electron chi connectivity index (χ4n) is 4.86. The number of amides is 1. The Hall–Kier alpha value is -4.31. The lowest BCUT2D eigenvalue weighted by molar-refractivity contribution is -0.117. The van der Waals surface area contributed by atoms with Gasteiger partial charge in [-0.1, -0.05) is 35.0 Å². The summed E-state index contributed by atoms with van der Waals surface area (Å²) in [5, 5.41) is 8.21. The second-order valence-electron chi connectivity index (χ2n) is 8.78. The van der Waals surface area contributed by atoms with Gasteiger partial charge >= 0.3 is 0 Å². The average Bonchev–Trinajstić information content (AvgIpc) is 3.53. The highest BCUT2D eigenvalue weighted by Gasteiger charge is 2.29. The maximum atomic E-state index is 13.5. The van der Waals surface area contributed by atoms with E-state index in [4.69, 9.17) is 30.3 Å². The number of ether oxygens (including phenoxy) is 3. The SMILES string of the molecule is COc1cc(C(=O)C(=O)NC2C=CC(n3c(=O)c4c(C)onc4c4c(Cl)cccc43)C2)cc(OC)c1OC. The van der Waals surface area contributed by atoms with Crippen molar-refractivity contribution in [2.45, 2.75) is 25.4 Å². The molecule has 196 valence electrons. The number of aromatic nitrogens is 2. The predicted molar refractivity (Wildman–Crippen MR) is 141 cm³/mol. The Morgan fingerprint density at radius 2 is 1.79 bits per heavy atom. The van der Waals surface area contributed by atoms with E-state index in [1.54, 1.807) is 35.8 Å². The van der Waals surface area contributed by atoms with Gasteiger partial charge in [0.15, 0.2) is 11.5 Å². The molecule has 10 nitrogen and oxygen atoms in total. The van der Waals surface area contributed by atoms with E-state index in [2.05, 4.69) is 10.5 Å². The van der Waals surface area contributed by atoms with Crippen LogP contribution < -0.4 is 25.1 Å². The molecule has 38 heavy (non-hydrogen) atoms. The van der Waals surface area contributed by atoms with Gasteiger partial charge in [0.25, 0.3) is 11.5 Å². The fraction of sp³-hybridized carbons (Fsp3) is 0.259. The van der Waals surface area contributed by atoms with Gasteiger partial charge in [0.2, 0.25) is 11.5 Å². The van der Waals surface area contributed by atoms with Crippen LogP contribution in [0.5, 0.6) is 17.2 Å². The summed E-state index contributed by atoms with van der Waals surface area (Å²) < 4.78 is 22.8. The number of halogens is 1. The number of Topliss-reactive ketones (excluding diaryl/α,β-unsaturated/α-hetero) is 1. The van der Waals surface area contributed by atoms with E-state index in [1.165, 1.54) is 33.5 Å². The summed E-state index contributed by atoms with van der Waals surface area (Å²) in [5.41, 5.74) is 0.815. The zero-order chi connectivity index (χ0) is 27.1. The van der Waals surface area contributed by atoms with Gasteiger partial charge in [0.05, 0.1) is 37.9 Å². The van der Waals surface area contributed by atoms with Crippen LogP contribution in [-0.4, -0.2) is 48.8 Å². The van der Waals surface area contributed by atoms with Gasteiger partial charge in [-0.05, 0) is 37.6 Å². The maximum absolute atomic E-state index is 13.5. The Bertz CT molecular complexity index is 1660. The number of nitrogens with zero attached hydrogens (tertiary/aromatic N) is 2. The summed E-state index contributed by atoms with van der Waals surface area (Å²) in [6.45, 7) is 1.67. The molecular weight excluding hydrogens is 514 g/mol. The molecule has 0 saturated heterocycles. The number of fused-ring (bicyclic) bond motifs is 3. The Labute approximate surface area is 221 Å². The van der Waals surface area contributed by atoms with Crippen molar-refractivity contribution in [1.82, 2.24) is 15.0 Å². The molecule has 0 spiro atoms. The van der Waals surface area contributed by atoms with Crippen molar-refractivity contribution in [1.29, 1.82) is 0 Å². The number of allylic oxidation sites excluding steroid dienone is 1. The summed E-state index contributed by atoms with van der Waals surface area (Å²) in [7, 11) is 4.29. The van der Waals surface area contributed by atoms with E-state index in [0.717, 1.165) is 0 Å². The number of hydrogen-bond acceptors (Lipinski definition) is 8. The third-order valence-corrected chi connectivity index (χ3v) is 6.94. The number of nitrogens with one attached hydrogen (secondary N) is 1. The van der Waals surface area contributed by atoms with Gasteiger partial charge in [0.1, 0.15) is 16.7 Å². The lowest BCUT2D eigenvalue weighted by Gasteiger charge is -2.19. The lowest BCUT2D eigenvalue weighted by atomic mass is 10.1. The third kappa shape index (κ3) is 4.06. The number of pyridine rings is 1. The summed E-state index contributed by atoms with van der Waals surface area (Å²) in [4.78, 5) is 39.4. The Morgan fingerprint density at radius 1 is 1.08 bits per heavy atom. The number of rotatable bonds is 7. The highest BCUT2D eigenvalue weighted by atomic mass is 35.5. The smallest absolute Gasteiger partial charge is 0.292 e. The molecule has 2 unspecified atom stereocenters. The Kier molecular flexibility index (Phi) is 6.58. The van der Waals surface area contributed by atoms with E-state index in [9.17, 15) is 14.4 Å². The monoisotopic (exact) mass is 537 g/mol. The molecule has 2 aromatic heterocycles. The van der Waals surface area contributed by atoms with E-state index >= 15 is 0 Å². The molecule has 11 heteroatoms. The highest BCUT2D eigenvalue weighted by molar-refractivity contribution is 6.43. The van der Waals surface area contributed by atoms with Crippen molar-refractivity contribution < 1.29 is 28.3 Å². The first-order valence-electron chi connectivity index (χ1n) is 11.7. The number of hydrogen-bond donors (Lipinski definition) is 1. The van der Waals surface area contributed by atoms with Gasteiger partial charge in [-0.25, -0.2) is 0 Å². The maximum Gasteiger partial charge on any atom is 0.292 e. The molecule has 2 aromatic carbocycles. The first-order chi connectivity index (χ1) is 18.3. The van der Waals surface area contributed by atoms with Crippen LogP contribution in [0.2, 0.25) is 5.02 Å². The van der Waals surface area contributed by atoms with Gasteiger partial charge in [-0.15, -0.1) is 0 Å². The van der Waals surface area contributed by atoms with Crippen molar-refractivity contribution >= 4 is 45.1 Å². The summed E-state index contributed by atoms with van der Waals surface area (Å²) in [6.07, 6.45) is 3.94. The zero-order valence-corrected chi connectivity index (χ0v) is 21.8. The molecule has 2 atom stereocenters. The largest absolute Gasteiger partial charge is 0.493 e. The molecule has 0 bridgehead atoms. The summed E-state index contributed by atoms with van der Waals surface area (Å²) in [5.74, 6) is -0.354. The van der Waals surface area contributed by atoms with Gasteiger partial charge in [-0.3, -0.25) is 14.4 Å². The number of ketones is 1. The zero-order valence-electron chi connectivity index (χ0n) is 21.0. The van der Waals surface area contributed by atoms with Crippen LogP contribution in [0, 0.1) is 6.92 Å². The van der Waals surface area contributed by atoms with Crippen molar-refractivity contribution in [3.05, 3.63) is 69.2 Å².